The van der Waals surface area contributed by atoms with E-state index >= 15 is 0 Å². The largest absolute Gasteiger partial charge is 0.478 e. The van der Waals surface area contributed by atoms with Crippen LogP contribution in [0.15, 0.2) is 97.1 Å². The van der Waals surface area contributed by atoms with Crippen molar-refractivity contribution in [2.75, 3.05) is 19.6 Å². The van der Waals surface area contributed by atoms with Crippen molar-refractivity contribution in [1.82, 2.24) is 4.90 Å². The van der Waals surface area contributed by atoms with E-state index in [0.29, 0.717) is 24.5 Å². The lowest BCUT2D eigenvalue weighted by atomic mass is 9.84. The minimum atomic E-state index is -1.26. The summed E-state index contributed by atoms with van der Waals surface area (Å²) < 4.78 is 6.68. The number of carbonyl (C=O) groups excluding carboxylic acids is 1. The van der Waals surface area contributed by atoms with Gasteiger partial charge in [-0.15, -0.1) is 0 Å². The highest BCUT2D eigenvalue weighted by Gasteiger charge is 2.25. The number of nitrogens with zero attached hydrogens (tertiary/aromatic N) is 1. The number of hydrogen-bond acceptors (Lipinski definition) is 5. The van der Waals surface area contributed by atoms with Crippen molar-refractivity contribution >= 4 is 17.7 Å². The summed E-state index contributed by atoms with van der Waals surface area (Å²) in [5.74, 6) is -1.54. The van der Waals surface area contributed by atoms with E-state index in [2.05, 4.69) is 89.8 Å². The average Bonchev–Trinajstić information content (AvgIpc) is 3.08. The van der Waals surface area contributed by atoms with Gasteiger partial charge in [-0.25, -0.2) is 9.59 Å². The van der Waals surface area contributed by atoms with Crippen molar-refractivity contribution in [3.8, 4) is 0 Å². The number of aliphatic carboxylic acids is 2. The summed E-state index contributed by atoms with van der Waals surface area (Å²) in [5, 5.41) is 15.6. The molecule has 3 aromatic rings. The van der Waals surface area contributed by atoms with E-state index in [0.717, 1.165) is 44.5 Å². The van der Waals surface area contributed by atoms with Crippen molar-refractivity contribution in [3.63, 3.8) is 0 Å². The van der Waals surface area contributed by atoms with Crippen LogP contribution in [0.2, 0.25) is 0 Å². The van der Waals surface area contributed by atoms with E-state index in [1.54, 1.807) is 0 Å². The van der Waals surface area contributed by atoms with Crippen molar-refractivity contribution in [3.05, 3.63) is 119 Å². The smallest absolute Gasteiger partial charge is 0.328 e. The Kier molecular flexibility index (Phi) is 13.6. The molecular formula is C38H45NO6. The lowest BCUT2D eigenvalue weighted by Crippen LogP contribution is -2.38. The number of carbonyl (C=O) groups is 3. The summed E-state index contributed by atoms with van der Waals surface area (Å²) in [5.41, 5.74) is 4.71. The molecule has 2 aliphatic rings. The summed E-state index contributed by atoms with van der Waals surface area (Å²) in [6, 6.07) is 29.6. The molecule has 0 aromatic heterocycles. The molecule has 1 aliphatic heterocycles. The molecule has 0 spiro atoms. The summed E-state index contributed by atoms with van der Waals surface area (Å²) in [6.45, 7) is 3.05. The van der Waals surface area contributed by atoms with Gasteiger partial charge in [-0.2, -0.15) is 0 Å². The van der Waals surface area contributed by atoms with Crippen molar-refractivity contribution in [2.45, 2.75) is 75.9 Å². The highest BCUT2D eigenvalue weighted by atomic mass is 16.5. The van der Waals surface area contributed by atoms with Gasteiger partial charge in [0, 0.05) is 37.2 Å². The maximum absolute atomic E-state index is 12.8. The minimum Gasteiger partial charge on any atom is -0.478 e. The standard InChI is InChI=1S/C34H41NO2.C4H4O4/c36-33(29-20-18-28(19-21-29)27-11-4-1-5-12-27)17-10-24-35-25-22-32(23-26-35)37-34(30-13-6-2-7-14-30)31-15-8-3-9-16-31;5-3(6)1-2-4(7)8/h2-3,6-9,13-16,18-21,27,32,34H,1,4-5,10-12,17,22-26H2;1-2H,(H,5,6)(H,7,8)/b;2-1+. The van der Waals surface area contributed by atoms with Crippen LogP contribution in [-0.4, -0.2) is 58.6 Å². The van der Waals surface area contributed by atoms with Gasteiger partial charge < -0.3 is 19.8 Å². The van der Waals surface area contributed by atoms with Crippen LogP contribution in [0.25, 0.3) is 0 Å². The molecule has 7 heteroatoms. The third kappa shape index (κ3) is 11.4. The van der Waals surface area contributed by atoms with Crippen LogP contribution in [0.5, 0.6) is 0 Å². The molecule has 7 nitrogen and oxygen atoms in total. The van der Waals surface area contributed by atoms with Gasteiger partial charge in [-0.3, -0.25) is 4.79 Å². The van der Waals surface area contributed by atoms with Crippen molar-refractivity contribution in [1.29, 1.82) is 0 Å². The number of hydrogen-bond donors (Lipinski definition) is 2. The highest BCUT2D eigenvalue weighted by molar-refractivity contribution is 5.96. The molecule has 45 heavy (non-hydrogen) atoms. The first kappa shape index (κ1) is 33.8. The number of rotatable bonds is 12. The SMILES string of the molecule is O=C(CCCN1CCC(OC(c2ccccc2)c2ccccc2)CC1)c1ccc(C2CCCCC2)cc1.O=C(O)/C=C/C(=O)O. The molecule has 0 amide bonds. The first-order valence-corrected chi connectivity index (χ1v) is 16.1. The fraction of sp³-hybridized carbons (Fsp3) is 0.395. The van der Waals surface area contributed by atoms with Crippen molar-refractivity contribution < 1.29 is 29.3 Å². The Labute approximate surface area is 266 Å². The van der Waals surface area contributed by atoms with Crippen LogP contribution >= 0.6 is 0 Å². The average molecular weight is 612 g/mol. The third-order valence-corrected chi connectivity index (χ3v) is 8.62. The molecule has 2 fully saturated rings. The van der Waals surface area contributed by atoms with Crippen LogP contribution in [0.4, 0.5) is 0 Å². The molecule has 238 valence electrons. The summed E-state index contributed by atoms with van der Waals surface area (Å²) >= 11 is 0. The molecule has 5 rings (SSSR count). The van der Waals surface area contributed by atoms with E-state index < -0.39 is 11.9 Å². The number of benzene rings is 3. The van der Waals surface area contributed by atoms with E-state index in [1.165, 1.54) is 48.8 Å². The second kappa shape index (κ2) is 18.0. The molecule has 0 atom stereocenters. The van der Waals surface area contributed by atoms with Crippen LogP contribution < -0.4 is 0 Å². The Morgan fingerprint density at radius 3 is 1.78 bits per heavy atom. The molecule has 1 saturated carbocycles. The molecule has 1 heterocycles. The fourth-order valence-corrected chi connectivity index (χ4v) is 6.19. The fourth-order valence-electron chi connectivity index (χ4n) is 6.19. The molecular weight excluding hydrogens is 566 g/mol. The van der Waals surface area contributed by atoms with E-state index in [9.17, 15) is 14.4 Å². The lowest BCUT2D eigenvalue weighted by molar-refractivity contribution is -0.134. The predicted octanol–water partition coefficient (Wildman–Crippen LogP) is 7.68. The van der Waals surface area contributed by atoms with Gasteiger partial charge in [0.2, 0.25) is 0 Å². The normalized spacial score (nSPS) is 16.3. The Morgan fingerprint density at radius 1 is 0.733 bits per heavy atom. The summed E-state index contributed by atoms with van der Waals surface area (Å²) in [4.78, 5) is 34.4. The maximum Gasteiger partial charge on any atom is 0.328 e. The summed E-state index contributed by atoms with van der Waals surface area (Å²) in [6.07, 6.45) is 11.6. The van der Waals surface area contributed by atoms with Gasteiger partial charge in [0.15, 0.2) is 5.78 Å². The predicted molar refractivity (Wildman–Crippen MR) is 176 cm³/mol. The molecule has 0 unspecified atom stereocenters. The zero-order valence-electron chi connectivity index (χ0n) is 25.9. The Bertz CT molecular complexity index is 1300. The first-order valence-electron chi connectivity index (χ1n) is 16.1. The van der Waals surface area contributed by atoms with Crippen LogP contribution in [0.1, 0.15) is 96.9 Å². The Balaban J connectivity index is 0.000000510. The van der Waals surface area contributed by atoms with Crippen LogP contribution in [0, 0.1) is 0 Å². The van der Waals surface area contributed by atoms with E-state index in [-0.39, 0.29) is 18.0 Å². The monoisotopic (exact) mass is 611 g/mol. The maximum atomic E-state index is 12.8. The number of carboxylic acid groups (broad SMARTS) is 2. The minimum absolute atomic E-state index is 0.0268. The number of ether oxygens (including phenoxy) is 1. The second-order valence-corrected chi connectivity index (χ2v) is 11.9. The number of likely N-dealkylation sites (tertiary alicyclic amines) is 1. The zero-order chi connectivity index (χ0) is 31.9. The molecule has 1 aliphatic carbocycles. The number of Topliss-reactive ketones (excluding diaryl/α,β-unsaturated/α-hetero) is 1. The zero-order valence-corrected chi connectivity index (χ0v) is 25.9. The van der Waals surface area contributed by atoms with Gasteiger partial charge in [0.05, 0.1) is 6.10 Å². The van der Waals surface area contributed by atoms with E-state index in [4.69, 9.17) is 14.9 Å². The van der Waals surface area contributed by atoms with Crippen LogP contribution in [-0.2, 0) is 14.3 Å². The molecule has 0 radical (unpaired) electrons. The van der Waals surface area contributed by atoms with Gasteiger partial charge in [0.25, 0.3) is 0 Å². The Hall–Kier alpha value is -4.07. The number of piperidine rings is 1. The quantitative estimate of drug-likeness (QED) is 0.160. The van der Waals surface area contributed by atoms with Gasteiger partial charge in [-0.05, 0) is 61.3 Å². The molecule has 3 aromatic carbocycles. The van der Waals surface area contributed by atoms with Gasteiger partial charge in [0.1, 0.15) is 6.10 Å². The Morgan fingerprint density at radius 2 is 1.27 bits per heavy atom. The topological polar surface area (TPSA) is 104 Å². The summed E-state index contributed by atoms with van der Waals surface area (Å²) in [7, 11) is 0. The third-order valence-electron chi connectivity index (χ3n) is 8.62. The van der Waals surface area contributed by atoms with E-state index in [1.807, 2.05) is 0 Å². The molecule has 0 bridgehead atoms. The molecule has 2 N–H and O–H groups in total. The second-order valence-electron chi connectivity index (χ2n) is 11.9. The van der Waals surface area contributed by atoms with Crippen LogP contribution in [0.3, 0.4) is 0 Å². The van der Waals surface area contributed by atoms with Gasteiger partial charge >= 0.3 is 11.9 Å². The van der Waals surface area contributed by atoms with Crippen molar-refractivity contribution in [2.24, 2.45) is 0 Å². The highest BCUT2D eigenvalue weighted by Crippen LogP contribution is 2.33. The lowest BCUT2D eigenvalue weighted by Gasteiger charge is -2.34. The van der Waals surface area contributed by atoms with Gasteiger partial charge in [-0.1, -0.05) is 104 Å². The molecule has 1 saturated heterocycles. The first-order chi connectivity index (χ1) is 21.9. The number of carboxylic acids is 2. The number of ketones is 1.